The molecule has 0 fully saturated rings. The molecule has 1 rings (SSSR count). The lowest BCUT2D eigenvalue weighted by molar-refractivity contribution is -0.131. The molecule has 20 heavy (non-hydrogen) atoms. The molecule has 0 aromatic heterocycles. The molecule has 0 amide bonds. The van der Waals surface area contributed by atoms with Gasteiger partial charge in [-0.15, -0.1) is 0 Å². The highest BCUT2D eigenvalue weighted by atomic mass is 16.5. The van der Waals surface area contributed by atoms with Crippen LogP contribution in [-0.2, 0) is 11.2 Å². The Labute approximate surface area is 119 Å². The van der Waals surface area contributed by atoms with Gasteiger partial charge in [0.1, 0.15) is 11.5 Å². The van der Waals surface area contributed by atoms with Gasteiger partial charge in [0.05, 0.1) is 6.61 Å². The van der Waals surface area contributed by atoms with Crippen LogP contribution in [0.1, 0.15) is 36.1 Å². The first-order chi connectivity index (χ1) is 9.29. The largest absolute Gasteiger partial charge is 0.507 e. The second-order valence-electron chi connectivity index (χ2n) is 5.04. The van der Waals surface area contributed by atoms with Gasteiger partial charge in [-0.1, -0.05) is 11.6 Å². The third-order valence-electron chi connectivity index (χ3n) is 3.49. The lowest BCUT2D eigenvalue weighted by Crippen LogP contribution is -2.07. The van der Waals surface area contributed by atoms with Crippen LogP contribution in [0.25, 0.3) is 0 Å². The molecule has 0 unspecified atom stereocenters. The van der Waals surface area contributed by atoms with Gasteiger partial charge in [-0.2, -0.15) is 0 Å². The Morgan fingerprint density at radius 2 is 1.75 bits per heavy atom. The number of hydrogen-bond donors (Lipinski definition) is 2. The van der Waals surface area contributed by atoms with Crippen LogP contribution in [0.5, 0.6) is 11.5 Å². The van der Waals surface area contributed by atoms with Gasteiger partial charge in [-0.05, 0) is 50.8 Å². The van der Waals surface area contributed by atoms with Crippen molar-refractivity contribution in [2.45, 2.75) is 41.0 Å². The number of allylic oxidation sites excluding steroid dienone is 1. The summed E-state index contributed by atoms with van der Waals surface area (Å²) in [6.45, 7) is 8.60. The van der Waals surface area contributed by atoms with E-state index in [1.54, 1.807) is 6.92 Å². The van der Waals surface area contributed by atoms with Crippen molar-refractivity contribution in [3.05, 3.63) is 33.9 Å². The molecule has 0 radical (unpaired) electrons. The van der Waals surface area contributed by atoms with E-state index >= 15 is 0 Å². The van der Waals surface area contributed by atoms with Gasteiger partial charge < -0.3 is 14.9 Å². The Hall–Kier alpha value is -1.81. The molecule has 0 spiro atoms. The van der Waals surface area contributed by atoms with Gasteiger partial charge in [-0.25, -0.2) is 0 Å². The average molecular weight is 278 g/mol. The van der Waals surface area contributed by atoms with Crippen LogP contribution in [0.15, 0.2) is 11.6 Å². The number of hydrogen-bond acceptors (Lipinski definition) is 4. The van der Waals surface area contributed by atoms with E-state index in [4.69, 9.17) is 9.84 Å². The highest BCUT2D eigenvalue weighted by Crippen LogP contribution is 2.37. The molecule has 1 aromatic rings. The molecule has 4 heteroatoms. The predicted molar refractivity (Wildman–Crippen MR) is 78.2 cm³/mol. The van der Waals surface area contributed by atoms with Crippen molar-refractivity contribution in [2.24, 2.45) is 0 Å². The van der Waals surface area contributed by atoms with Crippen molar-refractivity contribution < 1.29 is 19.7 Å². The van der Waals surface area contributed by atoms with Gasteiger partial charge >= 0.3 is 5.97 Å². The number of aliphatic hydroxyl groups is 1. The SMILES string of the molecule is CC(=O)Oc1c(C)c(C)c(O)c(CC=C(C)CO)c1C. The summed E-state index contributed by atoms with van der Waals surface area (Å²) in [5.41, 5.74) is 3.77. The van der Waals surface area contributed by atoms with Crippen molar-refractivity contribution in [2.75, 3.05) is 6.61 Å². The zero-order chi connectivity index (χ0) is 15.4. The van der Waals surface area contributed by atoms with E-state index in [1.807, 2.05) is 26.8 Å². The number of carbonyl (C=O) groups is 1. The number of aromatic hydroxyl groups is 1. The molecular weight excluding hydrogens is 256 g/mol. The first-order valence-corrected chi connectivity index (χ1v) is 6.56. The summed E-state index contributed by atoms with van der Waals surface area (Å²) in [6.07, 6.45) is 2.34. The number of esters is 1. The van der Waals surface area contributed by atoms with Crippen LogP contribution in [0.3, 0.4) is 0 Å². The number of carbonyl (C=O) groups excluding carboxylic acids is 1. The Balaban J connectivity index is 3.37. The van der Waals surface area contributed by atoms with Crippen LogP contribution in [0, 0.1) is 20.8 Å². The van der Waals surface area contributed by atoms with E-state index in [-0.39, 0.29) is 18.3 Å². The van der Waals surface area contributed by atoms with E-state index in [9.17, 15) is 9.90 Å². The quantitative estimate of drug-likeness (QED) is 0.505. The lowest BCUT2D eigenvalue weighted by atomic mass is 9.95. The van der Waals surface area contributed by atoms with Gasteiger partial charge in [0.15, 0.2) is 0 Å². The topological polar surface area (TPSA) is 66.8 Å². The minimum absolute atomic E-state index is 0.0124. The second-order valence-corrected chi connectivity index (χ2v) is 5.04. The van der Waals surface area contributed by atoms with Crippen molar-refractivity contribution in [3.63, 3.8) is 0 Å². The van der Waals surface area contributed by atoms with Crippen molar-refractivity contribution >= 4 is 5.97 Å². The first-order valence-electron chi connectivity index (χ1n) is 6.56. The second kappa shape index (κ2) is 6.57. The van der Waals surface area contributed by atoms with Crippen LogP contribution in [0.2, 0.25) is 0 Å². The van der Waals surface area contributed by atoms with E-state index in [1.165, 1.54) is 6.92 Å². The van der Waals surface area contributed by atoms with Crippen LogP contribution >= 0.6 is 0 Å². The van der Waals surface area contributed by atoms with E-state index in [2.05, 4.69) is 0 Å². The summed E-state index contributed by atoms with van der Waals surface area (Å²) >= 11 is 0. The molecule has 0 bridgehead atoms. The third kappa shape index (κ3) is 3.39. The van der Waals surface area contributed by atoms with Crippen molar-refractivity contribution in [1.82, 2.24) is 0 Å². The lowest BCUT2D eigenvalue weighted by Gasteiger charge is -2.17. The zero-order valence-electron chi connectivity index (χ0n) is 12.7. The average Bonchev–Trinajstić information content (AvgIpc) is 2.40. The molecule has 110 valence electrons. The summed E-state index contributed by atoms with van der Waals surface area (Å²) in [6, 6.07) is 0. The standard InChI is InChI=1S/C16H22O4/c1-9(8-17)6-7-14-12(4)16(20-13(5)18)11(3)10(2)15(14)19/h6,17,19H,7-8H2,1-5H3. The van der Waals surface area contributed by atoms with E-state index in [0.29, 0.717) is 17.7 Å². The number of rotatable bonds is 4. The third-order valence-corrected chi connectivity index (χ3v) is 3.49. The summed E-state index contributed by atoms with van der Waals surface area (Å²) in [7, 11) is 0. The molecule has 0 atom stereocenters. The fourth-order valence-corrected chi connectivity index (χ4v) is 2.06. The summed E-state index contributed by atoms with van der Waals surface area (Å²) in [4.78, 5) is 11.2. The Kier molecular flexibility index (Phi) is 5.34. The number of phenolic OH excluding ortho intramolecular Hbond substituents is 1. The Bertz CT molecular complexity index is 556. The fraction of sp³-hybridized carbons (Fsp3) is 0.438. The maximum Gasteiger partial charge on any atom is 0.308 e. The van der Waals surface area contributed by atoms with Gasteiger partial charge in [0.2, 0.25) is 0 Å². The van der Waals surface area contributed by atoms with Gasteiger partial charge in [-0.3, -0.25) is 4.79 Å². The van der Waals surface area contributed by atoms with Gasteiger partial charge in [0, 0.05) is 12.5 Å². The molecular formula is C16H22O4. The minimum Gasteiger partial charge on any atom is -0.507 e. The minimum atomic E-state index is -0.380. The summed E-state index contributed by atoms with van der Waals surface area (Å²) in [5.74, 6) is 0.352. The summed E-state index contributed by atoms with van der Waals surface area (Å²) < 4.78 is 5.27. The Morgan fingerprint density at radius 3 is 2.25 bits per heavy atom. The van der Waals surface area contributed by atoms with Gasteiger partial charge in [0.25, 0.3) is 0 Å². The van der Waals surface area contributed by atoms with Crippen molar-refractivity contribution in [3.8, 4) is 11.5 Å². The molecule has 0 saturated heterocycles. The monoisotopic (exact) mass is 278 g/mol. The number of phenols is 1. The number of ether oxygens (including phenoxy) is 1. The fourth-order valence-electron chi connectivity index (χ4n) is 2.06. The predicted octanol–water partition coefficient (Wildman–Crippen LogP) is 2.72. The number of benzene rings is 1. The molecule has 0 saturated carbocycles. The molecule has 0 aliphatic carbocycles. The maximum atomic E-state index is 11.2. The maximum absolute atomic E-state index is 11.2. The smallest absolute Gasteiger partial charge is 0.308 e. The van der Waals surface area contributed by atoms with Crippen molar-refractivity contribution in [1.29, 1.82) is 0 Å². The molecule has 2 N–H and O–H groups in total. The highest BCUT2D eigenvalue weighted by Gasteiger charge is 2.18. The Morgan fingerprint density at radius 1 is 1.15 bits per heavy atom. The molecule has 0 heterocycles. The van der Waals surface area contributed by atoms with E-state index < -0.39 is 0 Å². The zero-order valence-corrected chi connectivity index (χ0v) is 12.7. The van der Waals surface area contributed by atoms with E-state index in [0.717, 1.165) is 22.3 Å². The normalized spacial score (nSPS) is 11.6. The van der Waals surface area contributed by atoms with Crippen LogP contribution in [0.4, 0.5) is 0 Å². The van der Waals surface area contributed by atoms with Crippen LogP contribution in [-0.4, -0.2) is 22.8 Å². The first kappa shape index (κ1) is 16.2. The number of aliphatic hydroxyl groups excluding tert-OH is 1. The van der Waals surface area contributed by atoms with Crippen LogP contribution < -0.4 is 4.74 Å². The molecule has 0 aliphatic rings. The molecule has 0 aliphatic heterocycles. The summed E-state index contributed by atoms with van der Waals surface area (Å²) in [5, 5.41) is 19.3. The highest BCUT2D eigenvalue weighted by molar-refractivity contribution is 5.72. The molecule has 1 aromatic carbocycles. The molecule has 4 nitrogen and oxygen atoms in total.